The third-order valence-electron chi connectivity index (χ3n) is 7.15. The second-order valence-electron chi connectivity index (χ2n) is 9.99. The number of nitrogens with one attached hydrogen (secondary N) is 2. The van der Waals surface area contributed by atoms with Crippen LogP contribution in [0.3, 0.4) is 0 Å². The van der Waals surface area contributed by atoms with Gasteiger partial charge in [0.2, 0.25) is 18.9 Å². The monoisotopic (exact) mass is 649 g/mol. The van der Waals surface area contributed by atoms with E-state index in [0.717, 1.165) is 22.5 Å². The summed E-state index contributed by atoms with van der Waals surface area (Å²) in [6.45, 7) is 2.90. The zero-order valence-corrected chi connectivity index (χ0v) is 25.2. The number of amides is 3. The lowest BCUT2D eigenvalue weighted by molar-refractivity contribution is -0.156. The van der Waals surface area contributed by atoms with Crippen LogP contribution in [0.2, 0.25) is 0 Å². The predicted molar refractivity (Wildman–Crippen MR) is 165 cm³/mol. The van der Waals surface area contributed by atoms with Crippen LogP contribution >= 0.6 is 23.1 Å². The van der Waals surface area contributed by atoms with Crippen molar-refractivity contribution in [3.63, 3.8) is 0 Å². The lowest BCUT2D eigenvalue weighted by atomic mass is 9.87. The lowest BCUT2D eigenvalue weighted by Gasteiger charge is -2.53. The van der Waals surface area contributed by atoms with E-state index in [1.165, 1.54) is 28.1 Å². The highest BCUT2D eigenvalue weighted by Crippen LogP contribution is 2.42. The number of rotatable bonds is 13. The predicted octanol–water partition coefficient (Wildman–Crippen LogP) is 2.42. The number of aliphatic carboxylic acids is 1. The van der Waals surface area contributed by atoms with Crippen LogP contribution in [0.15, 0.2) is 83.9 Å². The van der Waals surface area contributed by atoms with Crippen LogP contribution in [-0.4, -0.2) is 81.2 Å². The molecule has 2 unspecified atom stereocenters. The first-order chi connectivity index (χ1) is 21.8. The second-order valence-corrected chi connectivity index (χ2v) is 12.0. The average Bonchev–Trinajstić information content (AvgIpc) is 3.52. The summed E-state index contributed by atoms with van der Waals surface area (Å²) in [5.41, 5.74) is -0.126. The number of benzene rings is 2. The Morgan fingerprint density at radius 3 is 2.42 bits per heavy atom. The van der Waals surface area contributed by atoms with Crippen molar-refractivity contribution >= 4 is 64.1 Å². The molecule has 1 aromatic heterocycles. The molecular weight excluding hydrogens is 622 g/mol. The van der Waals surface area contributed by atoms with Gasteiger partial charge in [-0.25, -0.2) is 9.78 Å². The van der Waals surface area contributed by atoms with E-state index < -0.39 is 53.3 Å². The molecule has 45 heavy (non-hydrogen) atoms. The van der Waals surface area contributed by atoms with Crippen molar-refractivity contribution in [1.82, 2.24) is 15.2 Å². The Hall–Kier alpha value is -5.02. The number of carboxylic acids is 1. The fraction of sp³-hybridized carbons (Fsp3) is 0.233. The fourth-order valence-corrected chi connectivity index (χ4v) is 6.94. The molecule has 0 aliphatic carbocycles. The number of ether oxygens (including phenoxy) is 1. The number of thiazole rings is 1. The molecule has 3 amide bonds. The molecule has 2 saturated heterocycles. The minimum Gasteiger partial charge on any atom is -0.481 e. The summed E-state index contributed by atoms with van der Waals surface area (Å²) in [6.07, 6.45) is 1.02. The van der Waals surface area contributed by atoms with E-state index >= 15 is 0 Å². The van der Waals surface area contributed by atoms with E-state index in [0.29, 0.717) is 6.41 Å². The number of esters is 1. The van der Waals surface area contributed by atoms with Gasteiger partial charge < -0.3 is 30.2 Å². The summed E-state index contributed by atoms with van der Waals surface area (Å²) in [7, 11) is 0. The normalized spacial score (nSPS) is 20.8. The highest BCUT2D eigenvalue weighted by atomic mass is 32.2. The summed E-state index contributed by atoms with van der Waals surface area (Å²) in [5, 5.41) is 19.6. The van der Waals surface area contributed by atoms with Crippen LogP contribution in [0.5, 0.6) is 0 Å². The molecule has 3 heterocycles. The second kappa shape index (κ2) is 13.7. The van der Waals surface area contributed by atoms with Gasteiger partial charge in [-0.05, 0) is 11.1 Å². The molecule has 232 valence electrons. The quantitative estimate of drug-likeness (QED) is 0.0623. The van der Waals surface area contributed by atoms with Gasteiger partial charge in [-0.3, -0.25) is 19.2 Å². The number of hydrogen-bond donors (Lipinski definition) is 3. The van der Waals surface area contributed by atoms with Crippen LogP contribution in [0.4, 0.5) is 5.13 Å². The minimum atomic E-state index is -1.29. The lowest BCUT2D eigenvalue weighted by Crippen LogP contribution is -2.73. The van der Waals surface area contributed by atoms with Gasteiger partial charge in [0.05, 0.1) is 0 Å². The number of hydrogen-bond acceptors (Lipinski definition) is 11. The number of aromatic nitrogens is 1. The Morgan fingerprint density at radius 1 is 1.16 bits per heavy atom. The molecular formula is C30H27N5O8S2. The van der Waals surface area contributed by atoms with Crippen LogP contribution in [0.25, 0.3) is 0 Å². The SMILES string of the molecule is C=CC1(C(=O)O)CS[C@@H]2C(NC(=O)C(=NOCC(=O)OC(c3ccccc3)c3ccccc3)c3csc(NC=O)n3)C(=O)N2C1. The number of carbonyl (C=O) groups excluding carboxylic acids is 4. The molecule has 0 bridgehead atoms. The van der Waals surface area contributed by atoms with Gasteiger partial charge in [0.25, 0.3) is 5.91 Å². The maximum absolute atomic E-state index is 13.4. The third-order valence-corrected chi connectivity index (χ3v) is 9.47. The van der Waals surface area contributed by atoms with Crippen molar-refractivity contribution in [3.8, 4) is 0 Å². The van der Waals surface area contributed by atoms with Crippen LogP contribution in [0, 0.1) is 5.41 Å². The van der Waals surface area contributed by atoms with Gasteiger partial charge in [0.1, 0.15) is 22.5 Å². The Kier molecular flexibility index (Phi) is 9.59. The van der Waals surface area contributed by atoms with E-state index in [9.17, 15) is 29.1 Å². The van der Waals surface area contributed by atoms with Crippen LogP contribution < -0.4 is 10.6 Å². The molecule has 0 saturated carbocycles. The third kappa shape index (κ3) is 6.73. The smallest absolute Gasteiger partial charge is 0.347 e. The van der Waals surface area contributed by atoms with Crippen molar-refractivity contribution in [2.75, 3.05) is 24.2 Å². The first kappa shape index (κ1) is 31.4. The minimum absolute atomic E-state index is 0.0261. The van der Waals surface area contributed by atoms with E-state index in [4.69, 9.17) is 9.57 Å². The molecule has 2 aliphatic rings. The van der Waals surface area contributed by atoms with E-state index in [1.54, 1.807) is 0 Å². The molecule has 3 atom stereocenters. The number of fused-ring (bicyclic) bond motifs is 1. The number of anilines is 1. The van der Waals surface area contributed by atoms with E-state index in [1.807, 2.05) is 60.7 Å². The first-order valence-corrected chi connectivity index (χ1v) is 15.4. The standard InChI is InChI=1S/C30H27N5O8S2/c1-2-30(28(40)41)15-35-26(39)23(27(35)45-16-30)33-25(38)22(20-14-44-29(32-20)31-17-36)34-42-13-21(37)43-24(18-9-5-3-6-10-18)19-11-7-4-8-12-19/h2-12,14,17,23-24,27H,1,13,15-16H2,(H,33,38)(H,40,41)(H,31,32,36)/t23?,27-,30?/m1/s1. The Labute approximate surface area is 265 Å². The van der Waals surface area contributed by atoms with Gasteiger partial charge in [0.15, 0.2) is 16.9 Å². The maximum Gasteiger partial charge on any atom is 0.347 e. The Bertz CT molecular complexity index is 1590. The van der Waals surface area contributed by atoms with Crippen LogP contribution in [-0.2, 0) is 33.5 Å². The molecule has 0 radical (unpaired) electrons. The Balaban J connectivity index is 1.29. The van der Waals surface area contributed by atoms with Gasteiger partial charge in [-0.2, -0.15) is 0 Å². The molecule has 3 N–H and O–H groups in total. The Morgan fingerprint density at radius 2 is 1.82 bits per heavy atom. The molecule has 2 fully saturated rings. The fourth-order valence-electron chi connectivity index (χ4n) is 4.75. The van der Waals surface area contributed by atoms with E-state index in [-0.39, 0.29) is 28.8 Å². The van der Waals surface area contributed by atoms with Gasteiger partial charge in [-0.1, -0.05) is 71.9 Å². The molecule has 3 aromatic rings. The number of carboxylic acid groups (broad SMARTS) is 1. The summed E-state index contributed by atoms with van der Waals surface area (Å²) in [5.74, 6) is -2.97. The summed E-state index contributed by atoms with van der Waals surface area (Å²) in [4.78, 5) is 72.7. The topological polar surface area (TPSA) is 177 Å². The summed E-state index contributed by atoms with van der Waals surface area (Å²) in [6, 6.07) is 17.3. The van der Waals surface area contributed by atoms with Gasteiger partial charge in [-0.15, -0.1) is 29.7 Å². The largest absolute Gasteiger partial charge is 0.481 e. The van der Waals surface area contributed by atoms with E-state index in [2.05, 4.69) is 27.4 Å². The number of thioether (sulfide) groups is 1. The molecule has 13 nitrogen and oxygen atoms in total. The average molecular weight is 650 g/mol. The van der Waals surface area contributed by atoms with Crippen molar-refractivity contribution in [2.24, 2.45) is 10.6 Å². The number of carbonyl (C=O) groups is 5. The van der Waals surface area contributed by atoms with Gasteiger partial charge >= 0.3 is 11.9 Å². The highest BCUT2D eigenvalue weighted by Gasteiger charge is 2.56. The van der Waals surface area contributed by atoms with Crippen LogP contribution in [0.1, 0.15) is 22.9 Å². The molecule has 2 aromatic carbocycles. The number of nitrogens with zero attached hydrogens (tertiary/aromatic N) is 3. The highest BCUT2D eigenvalue weighted by molar-refractivity contribution is 8.00. The van der Waals surface area contributed by atoms with Crippen molar-refractivity contribution in [3.05, 3.63) is 95.5 Å². The zero-order chi connectivity index (χ0) is 32.0. The van der Waals surface area contributed by atoms with Gasteiger partial charge in [0, 0.05) is 17.7 Å². The molecule has 15 heteroatoms. The summed E-state index contributed by atoms with van der Waals surface area (Å²) < 4.78 is 5.72. The molecule has 2 aliphatic heterocycles. The molecule has 0 spiro atoms. The first-order valence-electron chi connectivity index (χ1n) is 13.5. The van der Waals surface area contributed by atoms with Crippen molar-refractivity contribution in [1.29, 1.82) is 0 Å². The van der Waals surface area contributed by atoms with Crippen molar-refractivity contribution < 1.29 is 38.7 Å². The number of oxime groups is 1. The van der Waals surface area contributed by atoms with Crippen molar-refractivity contribution in [2.45, 2.75) is 17.5 Å². The zero-order valence-electron chi connectivity index (χ0n) is 23.5. The number of β-lactam (4-membered cyclic amide) rings is 1. The maximum atomic E-state index is 13.4. The summed E-state index contributed by atoms with van der Waals surface area (Å²) >= 11 is 2.23. The molecule has 5 rings (SSSR count).